The van der Waals surface area contributed by atoms with Crippen molar-refractivity contribution in [3.63, 3.8) is 0 Å². The number of hydrogen-bond donors (Lipinski definition) is 0. The van der Waals surface area contributed by atoms with Gasteiger partial charge >= 0.3 is 0 Å². The van der Waals surface area contributed by atoms with Crippen molar-refractivity contribution in [3.05, 3.63) is 35.2 Å². The van der Waals surface area contributed by atoms with Crippen LogP contribution in [0.1, 0.15) is 43.7 Å². The number of aromatic nitrogens is 2. The van der Waals surface area contributed by atoms with Crippen LogP contribution in [0.2, 0.25) is 5.02 Å². The molecule has 0 aromatic carbocycles. The molecule has 1 fully saturated rings. The highest BCUT2D eigenvalue weighted by Crippen LogP contribution is 2.32. The number of nitrogens with zero attached hydrogens (tertiary/aromatic N) is 2. The van der Waals surface area contributed by atoms with Crippen molar-refractivity contribution in [2.75, 3.05) is 0 Å². The summed E-state index contributed by atoms with van der Waals surface area (Å²) < 4.78 is 2.03. The predicted octanol–water partition coefficient (Wildman–Crippen LogP) is 4.04. The van der Waals surface area contributed by atoms with E-state index in [1.165, 1.54) is 37.8 Å². The van der Waals surface area contributed by atoms with Gasteiger partial charge in [-0.25, -0.2) is 4.98 Å². The number of pyridine rings is 1. The first-order valence-electron chi connectivity index (χ1n) is 5.98. The molecule has 0 amide bonds. The Hall–Kier alpha value is -1.02. The van der Waals surface area contributed by atoms with E-state index in [1.807, 2.05) is 22.7 Å². The first-order chi connectivity index (χ1) is 7.84. The van der Waals surface area contributed by atoms with Gasteiger partial charge in [0.1, 0.15) is 0 Å². The van der Waals surface area contributed by atoms with Crippen LogP contribution in [-0.4, -0.2) is 9.38 Å². The molecule has 0 spiro atoms. The maximum atomic E-state index is 6.13. The molecule has 2 nitrogen and oxygen atoms in total. The van der Waals surface area contributed by atoms with Crippen molar-refractivity contribution >= 4 is 17.2 Å². The first-order valence-corrected chi connectivity index (χ1v) is 6.35. The molecule has 0 unspecified atom stereocenters. The van der Waals surface area contributed by atoms with Gasteiger partial charge in [-0.1, -0.05) is 30.9 Å². The van der Waals surface area contributed by atoms with Crippen LogP contribution in [0.4, 0.5) is 0 Å². The van der Waals surface area contributed by atoms with Crippen LogP contribution in [0.15, 0.2) is 24.5 Å². The molecule has 16 heavy (non-hydrogen) atoms. The SMILES string of the molecule is Clc1cccn2cc(C3CCCCC3)nc12. The Morgan fingerprint density at radius 1 is 1.25 bits per heavy atom. The summed E-state index contributed by atoms with van der Waals surface area (Å²) in [6.07, 6.45) is 10.8. The van der Waals surface area contributed by atoms with Gasteiger partial charge in [-0.15, -0.1) is 0 Å². The summed E-state index contributed by atoms with van der Waals surface area (Å²) in [6, 6.07) is 3.86. The maximum Gasteiger partial charge on any atom is 0.155 e. The molecular weight excluding hydrogens is 220 g/mol. The molecule has 1 saturated carbocycles. The van der Waals surface area contributed by atoms with E-state index in [0.717, 1.165) is 10.7 Å². The third-order valence-electron chi connectivity index (χ3n) is 3.48. The van der Waals surface area contributed by atoms with Crippen molar-refractivity contribution < 1.29 is 0 Å². The van der Waals surface area contributed by atoms with Gasteiger partial charge in [0.25, 0.3) is 0 Å². The van der Waals surface area contributed by atoms with Crippen LogP contribution >= 0.6 is 11.6 Å². The van der Waals surface area contributed by atoms with Crippen LogP contribution in [0.5, 0.6) is 0 Å². The normalized spacial score (nSPS) is 18.1. The third kappa shape index (κ3) is 1.71. The molecule has 1 aliphatic carbocycles. The lowest BCUT2D eigenvalue weighted by Gasteiger charge is -2.19. The lowest BCUT2D eigenvalue weighted by atomic mass is 9.87. The molecule has 0 aliphatic heterocycles. The smallest absolute Gasteiger partial charge is 0.155 e. The minimum Gasteiger partial charge on any atom is -0.306 e. The van der Waals surface area contributed by atoms with Crippen LogP contribution in [0.25, 0.3) is 5.65 Å². The van der Waals surface area contributed by atoms with Crippen LogP contribution in [0, 0.1) is 0 Å². The summed E-state index contributed by atoms with van der Waals surface area (Å²) in [5.74, 6) is 0.643. The number of rotatable bonds is 1. The van der Waals surface area contributed by atoms with Crippen molar-refractivity contribution in [3.8, 4) is 0 Å². The highest BCUT2D eigenvalue weighted by atomic mass is 35.5. The highest BCUT2D eigenvalue weighted by molar-refractivity contribution is 6.33. The summed E-state index contributed by atoms with van der Waals surface area (Å²) in [6.45, 7) is 0. The van der Waals surface area contributed by atoms with Crippen LogP contribution < -0.4 is 0 Å². The van der Waals surface area contributed by atoms with Gasteiger partial charge in [0.2, 0.25) is 0 Å². The van der Waals surface area contributed by atoms with E-state index in [2.05, 4.69) is 11.2 Å². The molecule has 3 rings (SSSR count). The quantitative estimate of drug-likeness (QED) is 0.728. The second kappa shape index (κ2) is 4.10. The van der Waals surface area contributed by atoms with E-state index in [9.17, 15) is 0 Å². The third-order valence-corrected chi connectivity index (χ3v) is 3.77. The van der Waals surface area contributed by atoms with Gasteiger partial charge in [-0.2, -0.15) is 0 Å². The van der Waals surface area contributed by atoms with Crippen LogP contribution in [-0.2, 0) is 0 Å². The average Bonchev–Trinajstić information content (AvgIpc) is 2.76. The Morgan fingerprint density at radius 2 is 2.06 bits per heavy atom. The number of halogens is 1. The molecule has 0 radical (unpaired) electrons. The lowest BCUT2D eigenvalue weighted by molar-refractivity contribution is 0.438. The fourth-order valence-corrected chi connectivity index (χ4v) is 2.81. The lowest BCUT2D eigenvalue weighted by Crippen LogP contribution is -2.04. The second-order valence-corrected chi connectivity index (χ2v) is 4.99. The maximum absolute atomic E-state index is 6.13. The number of fused-ring (bicyclic) bond motifs is 1. The number of imidazole rings is 1. The van der Waals surface area contributed by atoms with E-state index in [1.54, 1.807) is 0 Å². The molecule has 2 heterocycles. The molecule has 0 bridgehead atoms. The Balaban J connectivity index is 2.01. The monoisotopic (exact) mass is 234 g/mol. The molecule has 0 N–H and O–H groups in total. The van der Waals surface area contributed by atoms with Gasteiger partial charge in [0.15, 0.2) is 5.65 Å². The molecule has 84 valence electrons. The second-order valence-electron chi connectivity index (χ2n) is 4.59. The molecular formula is C13H15ClN2. The van der Waals surface area contributed by atoms with Crippen molar-refractivity contribution in [1.29, 1.82) is 0 Å². The highest BCUT2D eigenvalue weighted by Gasteiger charge is 2.18. The Bertz CT molecular complexity index is 498. The van der Waals surface area contributed by atoms with Gasteiger partial charge in [-0.05, 0) is 25.0 Å². The van der Waals surface area contributed by atoms with Crippen molar-refractivity contribution in [2.24, 2.45) is 0 Å². The summed E-state index contributed by atoms with van der Waals surface area (Å²) >= 11 is 6.13. The van der Waals surface area contributed by atoms with Gasteiger partial charge in [-0.3, -0.25) is 0 Å². The van der Waals surface area contributed by atoms with Gasteiger partial charge < -0.3 is 4.40 Å². The Morgan fingerprint density at radius 3 is 2.81 bits per heavy atom. The molecule has 2 aromatic heterocycles. The van der Waals surface area contributed by atoms with Gasteiger partial charge in [0.05, 0.1) is 10.7 Å². The zero-order chi connectivity index (χ0) is 11.0. The number of hydrogen-bond acceptors (Lipinski definition) is 1. The van der Waals surface area contributed by atoms with E-state index in [4.69, 9.17) is 11.6 Å². The fourth-order valence-electron chi connectivity index (χ4n) is 2.59. The van der Waals surface area contributed by atoms with E-state index in [-0.39, 0.29) is 0 Å². The molecule has 3 heteroatoms. The first kappa shape index (κ1) is 10.2. The zero-order valence-electron chi connectivity index (χ0n) is 9.19. The van der Waals surface area contributed by atoms with Gasteiger partial charge in [0, 0.05) is 18.3 Å². The minimum atomic E-state index is 0.643. The summed E-state index contributed by atoms with van der Waals surface area (Å²) in [5, 5.41) is 0.740. The molecule has 0 saturated heterocycles. The van der Waals surface area contributed by atoms with Crippen molar-refractivity contribution in [2.45, 2.75) is 38.0 Å². The zero-order valence-corrected chi connectivity index (χ0v) is 9.95. The molecule has 1 aliphatic rings. The van der Waals surface area contributed by atoms with E-state index >= 15 is 0 Å². The standard InChI is InChI=1S/C13H15ClN2/c14-11-7-4-8-16-9-12(15-13(11)16)10-5-2-1-3-6-10/h4,7-10H,1-3,5-6H2. The van der Waals surface area contributed by atoms with Crippen LogP contribution in [0.3, 0.4) is 0 Å². The topological polar surface area (TPSA) is 17.3 Å². The summed E-state index contributed by atoms with van der Waals surface area (Å²) in [5.41, 5.74) is 2.11. The van der Waals surface area contributed by atoms with E-state index in [0.29, 0.717) is 5.92 Å². The summed E-state index contributed by atoms with van der Waals surface area (Å²) in [7, 11) is 0. The predicted molar refractivity (Wildman–Crippen MR) is 66.0 cm³/mol. The fraction of sp³-hybridized carbons (Fsp3) is 0.462. The average molecular weight is 235 g/mol. The van der Waals surface area contributed by atoms with E-state index < -0.39 is 0 Å². The summed E-state index contributed by atoms with van der Waals surface area (Å²) in [4.78, 5) is 4.67. The largest absolute Gasteiger partial charge is 0.306 e. The molecule has 2 aromatic rings. The Labute approximate surface area is 100 Å². The van der Waals surface area contributed by atoms with Crippen molar-refractivity contribution in [1.82, 2.24) is 9.38 Å². The minimum absolute atomic E-state index is 0.643. The Kier molecular flexibility index (Phi) is 2.60. The molecule has 0 atom stereocenters.